The van der Waals surface area contributed by atoms with Gasteiger partial charge < -0.3 is 23.7 Å². The minimum absolute atomic E-state index is 0.0142. The third-order valence-corrected chi connectivity index (χ3v) is 5.05. The highest BCUT2D eigenvalue weighted by Crippen LogP contribution is 2.51. The molecule has 26 heavy (non-hydrogen) atoms. The molecule has 0 saturated carbocycles. The van der Waals surface area contributed by atoms with Crippen LogP contribution >= 0.6 is 0 Å². The molecule has 9 heteroatoms. The molecule has 0 aromatic heterocycles. The minimum Gasteiger partial charge on any atom is -0.465 e. The summed E-state index contributed by atoms with van der Waals surface area (Å²) in [6, 6.07) is 0. The van der Waals surface area contributed by atoms with Gasteiger partial charge in [-0.15, -0.1) is 0 Å². The van der Waals surface area contributed by atoms with Crippen molar-refractivity contribution < 1.29 is 42.9 Å². The molecule has 3 saturated heterocycles. The fraction of sp³-hybridized carbons (Fsp3) is 0.765. The van der Waals surface area contributed by atoms with Gasteiger partial charge in [0.05, 0.1) is 38.6 Å². The Morgan fingerprint density at radius 3 is 2.38 bits per heavy atom. The first-order valence-corrected chi connectivity index (χ1v) is 8.76. The normalized spacial score (nSPS) is 32.4. The van der Waals surface area contributed by atoms with Crippen LogP contribution in [0.15, 0.2) is 0 Å². The fourth-order valence-electron chi connectivity index (χ4n) is 3.96. The second-order valence-electron chi connectivity index (χ2n) is 6.64. The van der Waals surface area contributed by atoms with Crippen molar-refractivity contribution in [3.05, 3.63) is 0 Å². The van der Waals surface area contributed by atoms with E-state index in [1.54, 1.807) is 13.8 Å². The lowest BCUT2D eigenvalue weighted by molar-refractivity contribution is -0.306. The molecule has 0 aromatic rings. The van der Waals surface area contributed by atoms with Crippen molar-refractivity contribution in [3.8, 4) is 0 Å². The van der Waals surface area contributed by atoms with Gasteiger partial charge in [-0.2, -0.15) is 0 Å². The first-order valence-electron chi connectivity index (χ1n) is 8.76. The van der Waals surface area contributed by atoms with E-state index in [0.29, 0.717) is 6.42 Å². The van der Waals surface area contributed by atoms with E-state index < -0.39 is 53.5 Å². The summed E-state index contributed by atoms with van der Waals surface area (Å²) in [6.45, 7) is 3.45. The fourth-order valence-corrected chi connectivity index (χ4v) is 3.96. The lowest BCUT2D eigenvalue weighted by atomic mass is 9.70. The second-order valence-corrected chi connectivity index (χ2v) is 6.64. The number of esters is 4. The lowest BCUT2D eigenvalue weighted by Crippen LogP contribution is -2.62. The van der Waals surface area contributed by atoms with Crippen molar-refractivity contribution in [2.24, 2.45) is 11.3 Å². The monoisotopic (exact) mass is 370 g/mol. The summed E-state index contributed by atoms with van der Waals surface area (Å²) in [5, 5.41) is 0. The van der Waals surface area contributed by atoms with E-state index in [2.05, 4.69) is 0 Å². The Kier molecular flexibility index (Phi) is 4.92. The molecule has 1 spiro atoms. The number of fused-ring (bicyclic) bond motifs is 2. The Balaban J connectivity index is 2.00. The first kappa shape index (κ1) is 18.6. The van der Waals surface area contributed by atoms with Crippen molar-refractivity contribution >= 4 is 23.9 Å². The molecule has 3 aliphatic rings. The van der Waals surface area contributed by atoms with E-state index in [-0.39, 0.29) is 32.7 Å². The molecule has 0 aromatic carbocycles. The molecule has 144 valence electrons. The lowest BCUT2D eigenvalue weighted by Gasteiger charge is -2.48. The van der Waals surface area contributed by atoms with Gasteiger partial charge in [-0.05, 0) is 13.8 Å². The summed E-state index contributed by atoms with van der Waals surface area (Å²) >= 11 is 0. The van der Waals surface area contributed by atoms with E-state index >= 15 is 0 Å². The van der Waals surface area contributed by atoms with E-state index in [1.165, 1.54) is 0 Å². The Morgan fingerprint density at radius 1 is 1.12 bits per heavy atom. The zero-order valence-electron chi connectivity index (χ0n) is 14.8. The topological polar surface area (TPSA) is 114 Å². The summed E-state index contributed by atoms with van der Waals surface area (Å²) in [5.74, 6) is -5.10. The van der Waals surface area contributed by atoms with Crippen LogP contribution in [0.4, 0.5) is 0 Å². The van der Waals surface area contributed by atoms with Crippen LogP contribution in [0.5, 0.6) is 0 Å². The van der Waals surface area contributed by atoms with Crippen LogP contribution in [0.2, 0.25) is 0 Å². The van der Waals surface area contributed by atoms with Crippen molar-refractivity contribution in [2.75, 3.05) is 19.8 Å². The number of carbonyl (C=O) groups is 4. The third kappa shape index (κ3) is 2.94. The largest absolute Gasteiger partial charge is 0.465 e. The summed E-state index contributed by atoms with van der Waals surface area (Å²) in [7, 11) is 0. The van der Waals surface area contributed by atoms with Crippen LogP contribution in [0.3, 0.4) is 0 Å². The summed E-state index contributed by atoms with van der Waals surface area (Å²) in [5.41, 5.74) is -1.87. The zero-order chi connectivity index (χ0) is 18.9. The van der Waals surface area contributed by atoms with Crippen molar-refractivity contribution in [1.82, 2.24) is 0 Å². The molecule has 0 unspecified atom stereocenters. The van der Waals surface area contributed by atoms with Crippen LogP contribution in [0, 0.1) is 11.3 Å². The molecule has 9 nitrogen and oxygen atoms in total. The number of rotatable bonds is 4. The standard InChI is InChI=1S/C17H22O9/c1-3-22-14(20)16(15(21)23-4-2)8-13(19)26-17(9-16)10-7-12(18)25-11(10)5-6-24-17/h10-11H,3-9H2,1-2H3/t10-,11-,17+/m1/s1. The highest BCUT2D eigenvalue weighted by molar-refractivity contribution is 6.03. The molecule has 3 atom stereocenters. The van der Waals surface area contributed by atoms with E-state index in [0.717, 1.165) is 0 Å². The molecule has 0 amide bonds. The third-order valence-electron chi connectivity index (χ3n) is 5.05. The predicted octanol–water partition coefficient (Wildman–Crippen LogP) is 0.484. The first-order chi connectivity index (χ1) is 12.4. The molecule has 0 bridgehead atoms. The predicted molar refractivity (Wildman–Crippen MR) is 82.3 cm³/mol. The number of hydrogen-bond acceptors (Lipinski definition) is 9. The Hall–Kier alpha value is -2.16. The van der Waals surface area contributed by atoms with E-state index in [1.807, 2.05) is 0 Å². The molecule has 0 N–H and O–H groups in total. The Bertz CT molecular complexity index is 610. The second kappa shape index (κ2) is 6.86. The number of ether oxygens (including phenoxy) is 5. The maximum absolute atomic E-state index is 12.7. The quantitative estimate of drug-likeness (QED) is 0.396. The van der Waals surface area contributed by atoms with Gasteiger partial charge in [0, 0.05) is 12.8 Å². The van der Waals surface area contributed by atoms with Gasteiger partial charge >= 0.3 is 23.9 Å². The maximum atomic E-state index is 12.7. The molecule has 3 heterocycles. The molecular weight excluding hydrogens is 348 g/mol. The molecule has 0 radical (unpaired) electrons. The van der Waals surface area contributed by atoms with Crippen LogP contribution in [-0.2, 0) is 42.9 Å². The Labute approximate surface area is 150 Å². The van der Waals surface area contributed by atoms with Gasteiger partial charge in [-0.25, -0.2) is 0 Å². The van der Waals surface area contributed by atoms with Gasteiger partial charge in [-0.3, -0.25) is 19.2 Å². The van der Waals surface area contributed by atoms with Crippen molar-refractivity contribution in [3.63, 3.8) is 0 Å². The maximum Gasteiger partial charge on any atom is 0.324 e. The zero-order valence-corrected chi connectivity index (χ0v) is 14.8. The summed E-state index contributed by atoms with van der Waals surface area (Å²) < 4.78 is 26.6. The minimum atomic E-state index is -1.87. The van der Waals surface area contributed by atoms with E-state index in [9.17, 15) is 19.2 Å². The van der Waals surface area contributed by atoms with Gasteiger partial charge in [0.1, 0.15) is 6.10 Å². The smallest absolute Gasteiger partial charge is 0.324 e. The summed E-state index contributed by atoms with van der Waals surface area (Å²) in [4.78, 5) is 49.5. The van der Waals surface area contributed by atoms with Gasteiger partial charge in [0.15, 0.2) is 5.41 Å². The highest BCUT2D eigenvalue weighted by Gasteiger charge is 2.66. The SMILES string of the molecule is CCOC(=O)C1(C(=O)OCC)CC(=O)O[C@]2(C1)OCC[C@H]1OC(=O)C[C@H]12. The van der Waals surface area contributed by atoms with E-state index in [4.69, 9.17) is 23.7 Å². The van der Waals surface area contributed by atoms with Gasteiger partial charge in [0.25, 0.3) is 0 Å². The number of carbonyl (C=O) groups excluding carboxylic acids is 4. The molecule has 3 fully saturated rings. The average Bonchev–Trinajstić information content (AvgIpc) is 2.97. The number of hydrogen-bond donors (Lipinski definition) is 0. The molecular formula is C17H22O9. The van der Waals surface area contributed by atoms with Crippen LogP contribution < -0.4 is 0 Å². The molecule has 0 aliphatic carbocycles. The molecule has 3 rings (SSSR count). The summed E-state index contributed by atoms with van der Waals surface area (Å²) in [6.07, 6.45) is -0.797. The highest BCUT2D eigenvalue weighted by atomic mass is 16.7. The van der Waals surface area contributed by atoms with Gasteiger partial charge in [0.2, 0.25) is 5.79 Å². The van der Waals surface area contributed by atoms with Crippen LogP contribution in [-0.4, -0.2) is 55.6 Å². The van der Waals surface area contributed by atoms with Gasteiger partial charge in [-0.1, -0.05) is 0 Å². The van der Waals surface area contributed by atoms with Crippen LogP contribution in [0.25, 0.3) is 0 Å². The van der Waals surface area contributed by atoms with Crippen molar-refractivity contribution in [2.45, 2.75) is 51.4 Å². The average molecular weight is 370 g/mol. The Morgan fingerprint density at radius 2 is 1.77 bits per heavy atom. The molecule has 3 aliphatic heterocycles. The van der Waals surface area contributed by atoms with Crippen molar-refractivity contribution in [1.29, 1.82) is 0 Å². The van der Waals surface area contributed by atoms with Crippen LogP contribution in [0.1, 0.15) is 39.5 Å².